The quantitative estimate of drug-likeness (QED) is 0.793. The van der Waals surface area contributed by atoms with Gasteiger partial charge in [0.05, 0.1) is 19.0 Å². The Hall–Kier alpha value is -2.83. The first-order valence-electron chi connectivity index (χ1n) is 6.30. The van der Waals surface area contributed by atoms with Crippen molar-refractivity contribution in [2.75, 3.05) is 19.4 Å². The van der Waals surface area contributed by atoms with Crippen LogP contribution in [0.15, 0.2) is 36.5 Å². The molecule has 1 aromatic carbocycles. The van der Waals surface area contributed by atoms with Crippen LogP contribution in [0, 0.1) is 0 Å². The first kappa shape index (κ1) is 14.6. The third-order valence-corrected chi connectivity index (χ3v) is 2.93. The number of amides is 1. The molecule has 0 saturated carbocycles. The second-order valence-electron chi connectivity index (χ2n) is 4.42. The second-order valence-corrected chi connectivity index (χ2v) is 4.42. The van der Waals surface area contributed by atoms with E-state index in [4.69, 9.17) is 5.73 Å². The van der Waals surface area contributed by atoms with Crippen molar-refractivity contribution < 1.29 is 14.3 Å². The summed E-state index contributed by atoms with van der Waals surface area (Å²) in [5.41, 5.74) is 6.98. The van der Waals surface area contributed by atoms with E-state index in [9.17, 15) is 9.59 Å². The summed E-state index contributed by atoms with van der Waals surface area (Å²) < 4.78 is 4.63. The van der Waals surface area contributed by atoms with Gasteiger partial charge in [-0.1, -0.05) is 30.3 Å². The van der Waals surface area contributed by atoms with Crippen molar-refractivity contribution in [3.05, 3.63) is 47.8 Å². The Morgan fingerprint density at radius 3 is 2.62 bits per heavy atom. The SMILES string of the molecule is COC(=O)CN(Cc1ccccc1)C(=O)c1[nH]ncc1N. The summed E-state index contributed by atoms with van der Waals surface area (Å²) in [6, 6.07) is 9.34. The summed E-state index contributed by atoms with van der Waals surface area (Å²) in [4.78, 5) is 25.3. The van der Waals surface area contributed by atoms with Crippen molar-refractivity contribution in [2.24, 2.45) is 0 Å². The molecule has 21 heavy (non-hydrogen) atoms. The fourth-order valence-electron chi connectivity index (χ4n) is 1.85. The minimum atomic E-state index is -0.502. The summed E-state index contributed by atoms with van der Waals surface area (Å²) in [6.45, 7) is 0.107. The van der Waals surface area contributed by atoms with Gasteiger partial charge in [0, 0.05) is 6.54 Å². The number of aromatic nitrogens is 2. The van der Waals surface area contributed by atoms with Crippen molar-refractivity contribution in [3.63, 3.8) is 0 Å². The van der Waals surface area contributed by atoms with Crippen molar-refractivity contribution in [1.29, 1.82) is 0 Å². The van der Waals surface area contributed by atoms with Gasteiger partial charge in [-0.2, -0.15) is 5.10 Å². The minimum Gasteiger partial charge on any atom is -0.468 e. The van der Waals surface area contributed by atoms with Crippen LogP contribution in [-0.2, 0) is 16.1 Å². The topological polar surface area (TPSA) is 101 Å². The number of benzene rings is 1. The average Bonchev–Trinajstić information content (AvgIpc) is 2.93. The third kappa shape index (κ3) is 3.59. The highest BCUT2D eigenvalue weighted by atomic mass is 16.5. The number of carbonyl (C=O) groups is 2. The zero-order valence-electron chi connectivity index (χ0n) is 11.6. The molecule has 0 bridgehead atoms. The Kier molecular flexibility index (Phi) is 4.55. The largest absolute Gasteiger partial charge is 0.468 e. The maximum Gasteiger partial charge on any atom is 0.325 e. The van der Waals surface area contributed by atoms with Crippen LogP contribution in [0.3, 0.4) is 0 Å². The number of H-pyrrole nitrogens is 1. The predicted molar refractivity (Wildman–Crippen MR) is 76.2 cm³/mol. The molecule has 7 heteroatoms. The number of rotatable bonds is 5. The Balaban J connectivity index is 2.21. The van der Waals surface area contributed by atoms with Crippen LogP contribution in [0.5, 0.6) is 0 Å². The van der Waals surface area contributed by atoms with Gasteiger partial charge in [0.15, 0.2) is 0 Å². The van der Waals surface area contributed by atoms with E-state index in [2.05, 4.69) is 14.9 Å². The lowest BCUT2D eigenvalue weighted by Gasteiger charge is -2.21. The number of nitrogens with two attached hydrogens (primary N) is 1. The minimum absolute atomic E-state index is 0.162. The molecule has 2 rings (SSSR count). The molecule has 1 amide bonds. The van der Waals surface area contributed by atoms with Crippen LogP contribution in [-0.4, -0.2) is 40.6 Å². The number of methoxy groups -OCH3 is 1. The molecule has 0 aliphatic heterocycles. The van der Waals surface area contributed by atoms with Gasteiger partial charge < -0.3 is 15.4 Å². The number of hydrogen-bond acceptors (Lipinski definition) is 5. The van der Waals surface area contributed by atoms with Gasteiger partial charge in [-0.25, -0.2) is 0 Å². The molecular formula is C14H16N4O3. The van der Waals surface area contributed by atoms with Gasteiger partial charge in [0.2, 0.25) is 0 Å². The van der Waals surface area contributed by atoms with Gasteiger partial charge in [0.25, 0.3) is 5.91 Å². The number of nitrogens with zero attached hydrogens (tertiary/aromatic N) is 2. The highest BCUT2D eigenvalue weighted by molar-refractivity contribution is 5.98. The summed E-state index contributed by atoms with van der Waals surface area (Å²) in [6.07, 6.45) is 1.35. The molecule has 110 valence electrons. The zero-order chi connectivity index (χ0) is 15.2. The van der Waals surface area contributed by atoms with Crippen LogP contribution in [0.2, 0.25) is 0 Å². The summed E-state index contributed by atoms with van der Waals surface area (Å²) >= 11 is 0. The van der Waals surface area contributed by atoms with Crippen LogP contribution < -0.4 is 5.73 Å². The summed E-state index contributed by atoms with van der Waals surface area (Å²) in [5.74, 6) is -0.906. The fraction of sp³-hybridized carbons (Fsp3) is 0.214. The normalized spacial score (nSPS) is 10.1. The van der Waals surface area contributed by atoms with Gasteiger partial charge >= 0.3 is 5.97 Å². The average molecular weight is 288 g/mol. The molecule has 0 unspecified atom stereocenters. The highest BCUT2D eigenvalue weighted by Crippen LogP contribution is 2.13. The third-order valence-electron chi connectivity index (χ3n) is 2.93. The van der Waals surface area contributed by atoms with Gasteiger partial charge in [-0.3, -0.25) is 14.7 Å². The van der Waals surface area contributed by atoms with Crippen molar-refractivity contribution in [2.45, 2.75) is 6.54 Å². The number of hydrogen-bond donors (Lipinski definition) is 2. The predicted octanol–water partition coefficient (Wildman–Crippen LogP) is 0.807. The second kappa shape index (κ2) is 6.56. The smallest absolute Gasteiger partial charge is 0.325 e. The van der Waals surface area contributed by atoms with Gasteiger partial charge in [-0.15, -0.1) is 0 Å². The van der Waals surface area contributed by atoms with Gasteiger partial charge in [-0.05, 0) is 5.56 Å². The molecular weight excluding hydrogens is 272 g/mol. The number of ether oxygens (including phenoxy) is 1. The molecule has 0 spiro atoms. The molecule has 7 nitrogen and oxygen atoms in total. The number of nitrogens with one attached hydrogen (secondary N) is 1. The zero-order valence-corrected chi connectivity index (χ0v) is 11.6. The standard InChI is InChI=1S/C14H16N4O3/c1-21-12(19)9-18(8-10-5-3-2-4-6-10)14(20)13-11(15)7-16-17-13/h2-7H,8-9,15H2,1H3,(H,16,17). The van der Waals surface area contributed by atoms with Crippen molar-refractivity contribution in [3.8, 4) is 0 Å². The number of nitrogen functional groups attached to an aromatic ring is 1. The molecule has 0 aliphatic carbocycles. The van der Waals surface area contributed by atoms with E-state index in [1.807, 2.05) is 30.3 Å². The molecule has 0 atom stereocenters. The summed E-state index contributed by atoms with van der Waals surface area (Å²) in [5, 5.41) is 6.26. The molecule has 2 aromatic rings. The number of aromatic amines is 1. The lowest BCUT2D eigenvalue weighted by Crippen LogP contribution is -2.36. The first-order valence-corrected chi connectivity index (χ1v) is 6.30. The molecule has 0 radical (unpaired) electrons. The van der Waals surface area contributed by atoms with Crippen molar-refractivity contribution in [1.82, 2.24) is 15.1 Å². The monoisotopic (exact) mass is 288 g/mol. The van der Waals surface area contributed by atoms with E-state index < -0.39 is 11.9 Å². The van der Waals surface area contributed by atoms with Crippen LogP contribution in [0.1, 0.15) is 16.1 Å². The lowest BCUT2D eigenvalue weighted by molar-refractivity contribution is -0.141. The highest BCUT2D eigenvalue weighted by Gasteiger charge is 2.22. The van der Waals surface area contributed by atoms with E-state index in [0.717, 1.165) is 5.56 Å². The molecule has 1 aromatic heterocycles. The van der Waals surface area contributed by atoms with Crippen LogP contribution >= 0.6 is 0 Å². The van der Waals surface area contributed by atoms with E-state index in [1.54, 1.807) is 0 Å². The van der Waals surface area contributed by atoms with E-state index >= 15 is 0 Å². The Bertz CT molecular complexity index is 624. The number of carbonyl (C=O) groups excluding carboxylic acids is 2. The Morgan fingerprint density at radius 1 is 1.33 bits per heavy atom. The first-order chi connectivity index (χ1) is 10.1. The molecule has 0 aliphatic rings. The molecule has 0 saturated heterocycles. The molecule has 3 N–H and O–H groups in total. The number of esters is 1. The van der Waals surface area contributed by atoms with E-state index in [0.29, 0.717) is 0 Å². The Labute approximate surface area is 121 Å². The van der Waals surface area contributed by atoms with E-state index in [1.165, 1.54) is 18.2 Å². The lowest BCUT2D eigenvalue weighted by atomic mass is 10.2. The summed E-state index contributed by atoms with van der Waals surface area (Å²) in [7, 11) is 1.28. The molecule has 0 fully saturated rings. The van der Waals surface area contributed by atoms with Crippen LogP contribution in [0.4, 0.5) is 5.69 Å². The maximum absolute atomic E-state index is 12.4. The number of anilines is 1. The van der Waals surface area contributed by atoms with E-state index in [-0.39, 0.29) is 24.5 Å². The fourth-order valence-corrected chi connectivity index (χ4v) is 1.85. The van der Waals surface area contributed by atoms with Crippen molar-refractivity contribution >= 4 is 17.6 Å². The van der Waals surface area contributed by atoms with Gasteiger partial charge in [0.1, 0.15) is 12.2 Å². The van der Waals surface area contributed by atoms with Crippen LogP contribution in [0.25, 0.3) is 0 Å². The Morgan fingerprint density at radius 2 is 2.05 bits per heavy atom. The molecule has 1 heterocycles. The maximum atomic E-state index is 12.4.